The van der Waals surface area contributed by atoms with Crippen molar-refractivity contribution in [2.75, 3.05) is 6.54 Å². The molecule has 2 aromatic rings. The first kappa shape index (κ1) is 26.2. The van der Waals surface area contributed by atoms with Crippen LogP contribution in [0.15, 0.2) is 48.5 Å². The highest BCUT2D eigenvalue weighted by atomic mass is 19.4. The molecule has 6 nitrogen and oxygen atoms in total. The number of aryl methyl sites for hydroxylation is 1. The molecular formula is C25H30F3NO5. The van der Waals surface area contributed by atoms with Crippen molar-refractivity contribution in [1.82, 2.24) is 5.32 Å². The number of nitrogens with one attached hydrogen (secondary N) is 1. The Bertz CT molecular complexity index is 966. The van der Waals surface area contributed by atoms with Crippen LogP contribution < -0.4 is 5.32 Å². The minimum atomic E-state index is -4.44. The van der Waals surface area contributed by atoms with Crippen LogP contribution in [0.3, 0.4) is 0 Å². The number of rotatable bonds is 8. The zero-order valence-electron chi connectivity index (χ0n) is 19.1. The molecule has 3 rings (SSSR count). The first-order valence-corrected chi connectivity index (χ1v) is 11.2. The smallest absolute Gasteiger partial charge is 0.390 e. The summed E-state index contributed by atoms with van der Waals surface area (Å²) in [5, 5.41) is 23.8. The van der Waals surface area contributed by atoms with Gasteiger partial charge in [0.1, 0.15) is 6.10 Å². The van der Waals surface area contributed by atoms with Crippen LogP contribution in [0.25, 0.3) is 0 Å². The lowest BCUT2D eigenvalue weighted by Gasteiger charge is -2.44. The van der Waals surface area contributed by atoms with Gasteiger partial charge in [0.15, 0.2) is 5.60 Å². The molecule has 0 aliphatic heterocycles. The van der Waals surface area contributed by atoms with Gasteiger partial charge in [-0.2, -0.15) is 13.2 Å². The maximum absolute atomic E-state index is 13.0. The van der Waals surface area contributed by atoms with Crippen LogP contribution >= 0.6 is 0 Å². The van der Waals surface area contributed by atoms with Crippen molar-refractivity contribution in [1.29, 1.82) is 0 Å². The van der Waals surface area contributed by atoms with Gasteiger partial charge in [0, 0.05) is 19.4 Å². The Labute approximate surface area is 196 Å². The van der Waals surface area contributed by atoms with E-state index in [-0.39, 0.29) is 26.1 Å². The summed E-state index contributed by atoms with van der Waals surface area (Å²) >= 11 is 0. The number of benzene rings is 2. The minimum Gasteiger partial charge on any atom is -0.390 e. The number of carbonyl (C=O) groups is 1. The fourth-order valence-corrected chi connectivity index (χ4v) is 4.06. The van der Waals surface area contributed by atoms with Crippen molar-refractivity contribution >= 4 is 5.91 Å². The zero-order valence-corrected chi connectivity index (χ0v) is 19.1. The molecule has 0 aromatic heterocycles. The van der Waals surface area contributed by atoms with E-state index < -0.39 is 41.6 Å². The van der Waals surface area contributed by atoms with Gasteiger partial charge in [-0.3, -0.25) is 4.79 Å². The Morgan fingerprint density at radius 3 is 2.38 bits per heavy atom. The van der Waals surface area contributed by atoms with Crippen molar-refractivity contribution < 1.29 is 37.7 Å². The van der Waals surface area contributed by atoms with Gasteiger partial charge in [0.25, 0.3) is 5.91 Å². The number of halogens is 3. The molecule has 0 bridgehead atoms. The summed E-state index contributed by atoms with van der Waals surface area (Å²) in [6.45, 7) is 4.06. The second-order valence-corrected chi connectivity index (χ2v) is 8.58. The molecule has 1 amide bonds. The number of carbonyl (C=O) groups excluding carboxylic acids is 1. The van der Waals surface area contributed by atoms with Crippen molar-refractivity contribution in [2.45, 2.75) is 70.0 Å². The van der Waals surface area contributed by atoms with Gasteiger partial charge in [0.2, 0.25) is 0 Å². The quantitative estimate of drug-likeness (QED) is 0.537. The molecule has 4 atom stereocenters. The standard InChI is InChI=1S/C25H30F3NO5/c1-3-29-23(32)24(34-15-18-7-5-4-6-16(18)2)12-20(30)22(31)21(13-24)33-14-17-8-10-19(11-9-17)25(26,27)28/h4-11,20-22,30-31H,3,12-15H2,1-2H3,(H,29,32)/t20-,21?,22-,24+/m1/s1. The maximum atomic E-state index is 13.0. The molecule has 186 valence electrons. The SMILES string of the molecule is CCNC(=O)[C@@]1(OCc2ccccc2C)CC(OCc2ccc(C(F)(F)F)cc2)[C@H](O)[C@H](O)C1. The summed E-state index contributed by atoms with van der Waals surface area (Å²) in [5.74, 6) is -0.419. The summed E-state index contributed by atoms with van der Waals surface area (Å²) in [6, 6.07) is 12.1. The Morgan fingerprint density at radius 2 is 1.76 bits per heavy atom. The average molecular weight is 482 g/mol. The summed E-state index contributed by atoms with van der Waals surface area (Å²) < 4.78 is 50.3. The molecular weight excluding hydrogens is 451 g/mol. The molecule has 0 saturated heterocycles. The third-order valence-corrected chi connectivity index (χ3v) is 6.11. The van der Waals surface area contributed by atoms with E-state index in [1.165, 1.54) is 12.1 Å². The van der Waals surface area contributed by atoms with Crippen LogP contribution in [-0.4, -0.2) is 46.6 Å². The lowest BCUT2D eigenvalue weighted by Crippen LogP contribution is -2.60. The van der Waals surface area contributed by atoms with E-state index in [0.717, 1.165) is 23.3 Å². The summed E-state index contributed by atoms with van der Waals surface area (Å²) in [7, 11) is 0. The molecule has 1 aliphatic rings. The second kappa shape index (κ2) is 10.9. The highest BCUT2D eigenvalue weighted by Crippen LogP contribution is 2.36. The first-order chi connectivity index (χ1) is 16.1. The van der Waals surface area contributed by atoms with Crippen molar-refractivity contribution in [2.24, 2.45) is 0 Å². The minimum absolute atomic E-state index is 0.0242. The normalized spacial score (nSPS) is 25.2. The van der Waals surface area contributed by atoms with Gasteiger partial charge in [0.05, 0.1) is 31.0 Å². The fraction of sp³-hybridized carbons (Fsp3) is 0.480. The second-order valence-electron chi connectivity index (χ2n) is 8.58. The van der Waals surface area contributed by atoms with E-state index in [1.807, 2.05) is 31.2 Å². The number of likely N-dealkylation sites (N-methyl/N-ethyl adjacent to an activating group) is 1. The van der Waals surface area contributed by atoms with E-state index >= 15 is 0 Å². The molecule has 9 heteroatoms. The monoisotopic (exact) mass is 481 g/mol. The highest BCUT2D eigenvalue weighted by Gasteiger charge is 2.51. The van der Waals surface area contributed by atoms with Gasteiger partial charge >= 0.3 is 6.18 Å². The summed E-state index contributed by atoms with van der Waals surface area (Å²) in [4.78, 5) is 13.0. The predicted molar refractivity (Wildman–Crippen MR) is 119 cm³/mol. The molecule has 0 radical (unpaired) electrons. The topological polar surface area (TPSA) is 88.0 Å². The fourth-order valence-electron chi connectivity index (χ4n) is 4.06. The maximum Gasteiger partial charge on any atom is 0.416 e. The number of hydrogen-bond donors (Lipinski definition) is 3. The van der Waals surface area contributed by atoms with Gasteiger partial charge in [-0.15, -0.1) is 0 Å². The first-order valence-electron chi connectivity index (χ1n) is 11.2. The number of alkyl halides is 3. The van der Waals surface area contributed by atoms with Crippen molar-refractivity contribution in [3.05, 3.63) is 70.8 Å². The Morgan fingerprint density at radius 1 is 1.09 bits per heavy atom. The molecule has 0 heterocycles. The van der Waals surface area contributed by atoms with E-state index in [4.69, 9.17) is 9.47 Å². The number of ether oxygens (including phenoxy) is 2. The summed E-state index contributed by atoms with van der Waals surface area (Å²) in [5.41, 5.74) is 0.116. The third kappa shape index (κ3) is 6.15. The van der Waals surface area contributed by atoms with Crippen LogP contribution in [0.4, 0.5) is 13.2 Å². The molecule has 1 aliphatic carbocycles. The number of amides is 1. The summed E-state index contributed by atoms with van der Waals surface area (Å²) in [6.07, 6.45) is -8.12. The molecule has 2 aromatic carbocycles. The van der Waals surface area contributed by atoms with E-state index in [0.29, 0.717) is 12.1 Å². The number of aliphatic hydroxyl groups is 2. The van der Waals surface area contributed by atoms with Crippen LogP contribution in [-0.2, 0) is 33.7 Å². The van der Waals surface area contributed by atoms with Gasteiger partial charge < -0.3 is 25.0 Å². The van der Waals surface area contributed by atoms with E-state index in [2.05, 4.69) is 5.32 Å². The largest absolute Gasteiger partial charge is 0.416 e. The van der Waals surface area contributed by atoms with Crippen molar-refractivity contribution in [3.63, 3.8) is 0 Å². The Kier molecular flexibility index (Phi) is 8.35. The Balaban J connectivity index is 1.76. The molecule has 1 saturated carbocycles. The van der Waals surface area contributed by atoms with E-state index in [1.54, 1.807) is 6.92 Å². The molecule has 0 spiro atoms. The molecule has 1 fully saturated rings. The van der Waals surface area contributed by atoms with Crippen LogP contribution in [0, 0.1) is 6.92 Å². The van der Waals surface area contributed by atoms with E-state index in [9.17, 15) is 28.2 Å². The highest BCUT2D eigenvalue weighted by molar-refractivity contribution is 5.85. The molecule has 34 heavy (non-hydrogen) atoms. The van der Waals surface area contributed by atoms with Crippen LogP contribution in [0.1, 0.15) is 42.0 Å². The zero-order chi connectivity index (χ0) is 24.9. The van der Waals surface area contributed by atoms with Crippen LogP contribution in [0.5, 0.6) is 0 Å². The van der Waals surface area contributed by atoms with Gasteiger partial charge in [-0.25, -0.2) is 0 Å². The number of hydrogen-bond acceptors (Lipinski definition) is 5. The lowest BCUT2D eigenvalue weighted by atomic mass is 9.78. The third-order valence-electron chi connectivity index (χ3n) is 6.11. The van der Waals surface area contributed by atoms with Gasteiger partial charge in [-0.1, -0.05) is 36.4 Å². The average Bonchev–Trinajstić information content (AvgIpc) is 2.79. The number of aliphatic hydroxyl groups excluding tert-OH is 2. The van der Waals surface area contributed by atoms with Gasteiger partial charge in [-0.05, 0) is 42.7 Å². The Hall–Kier alpha value is -2.46. The molecule has 3 N–H and O–H groups in total. The lowest BCUT2D eigenvalue weighted by molar-refractivity contribution is -0.200. The molecule has 1 unspecified atom stereocenters. The van der Waals surface area contributed by atoms with Crippen molar-refractivity contribution in [3.8, 4) is 0 Å². The van der Waals surface area contributed by atoms with Crippen LogP contribution in [0.2, 0.25) is 0 Å². The predicted octanol–water partition coefficient (Wildman–Crippen LogP) is 3.51.